The summed E-state index contributed by atoms with van der Waals surface area (Å²) < 4.78 is 5.38. The van der Waals surface area contributed by atoms with Gasteiger partial charge in [0.2, 0.25) is 0 Å². The van der Waals surface area contributed by atoms with E-state index in [0.717, 1.165) is 0 Å². The lowest BCUT2D eigenvalue weighted by atomic mass is 9.34. The largest absolute Gasteiger partial charge is 0.310 e. The molecule has 21 rings (SSSR count). The molecule has 0 amide bonds. The van der Waals surface area contributed by atoms with Crippen molar-refractivity contribution in [1.82, 2.24) is 9.13 Å². The summed E-state index contributed by atoms with van der Waals surface area (Å²) in [6, 6.07) is 96.0. The average Bonchev–Trinajstić information content (AvgIpc) is 1.61. The zero-order valence-electron chi connectivity index (χ0n) is 46.1. The Morgan fingerprint density at radius 2 is 0.679 bits per heavy atom. The standard InChI is InChI=1S/C81H47BN2/c1-81(2)64-31-16-15-27-55(64)56-36-34-45(41-65(56)81)44-35-38-68-63(40-44)75-73-58-29-13-10-22-50(58)47-19-4-7-25-53(47)61(73)42-66-79(75)83(68)70-32-17-33-71-78(70)82(66)67-43-62-54-26-8-5-20-48(54)51-23-11-14-30-59(51)74(62)77-76-69(84(71)80(67)77)39-37-60-52-24-6-3-18-46(52)49-21-9-12-28-57(49)72(60)76/h3-43H,1-2H3. The van der Waals surface area contributed by atoms with E-state index in [4.69, 9.17) is 0 Å². The Balaban J connectivity index is 0.970. The van der Waals surface area contributed by atoms with E-state index in [-0.39, 0.29) is 12.1 Å². The molecule has 0 unspecified atom stereocenters. The van der Waals surface area contributed by atoms with Gasteiger partial charge < -0.3 is 9.13 Å². The predicted molar refractivity (Wildman–Crippen MR) is 360 cm³/mol. The first-order chi connectivity index (χ1) is 41.5. The molecule has 3 aliphatic rings. The Morgan fingerprint density at radius 3 is 1.25 bits per heavy atom. The third kappa shape index (κ3) is 5.12. The van der Waals surface area contributed by atoms with Crippen molar-refractivity contribution >= 4 is 164 Å². The molecule has 1 aliphatic carbocycles. The van der Waals surface area contributed by atoms with Crippen molar-refractivity contribution in [1.29, 1.82) is 0 Å². The molecule has 0 fully saturated rings. The highest BCUT2D eigenvalue weighted by Gasteiger charge is 2.43. The Hall–Kier alpha value is -10.5. The lowest BCUT2D eigenvalue weighted by Crippen LogP contribution is -2.59. The van der Waals surface area contributed by atoms with Crippen LogP contribution in [0.4, 0.5) is 0 Å². The van der Waals surface area contributed by atoms with Crippen molar-refractivity contribution < 1.29 is 0 Å². The minimum absolute atomic E-state index is 0.0945. The highest BCUT2D eigenvalue weighted by molar-refractivity contribution is 7.01. The highest BCUT2D eigenvalue weighted by atomic mass is 15.0. The molecule has 3 heteroatoms. The first kappa shape index (κ1) is 44.2. The van der Waals surface area contributed by atoms with E-state index >= 15 is 0 Å². The molecule has 0 spiro atoms. The first-order valence-electron chi connectivity index (χ1n) is 29.8. The Morgan fingerprint density at radius 1 is 0.274 bits per heavy atom. The number of hydrogen-bond donors (Lipinski definition) is 0. The molecule has 2 aromatic heterocycles. The average molecular weight is 1060 g/mol. The van der Waals surface area contributed by atoms with E-state index in [1.807, 2.05) is 0 Å². The molecule has 384 valence electrons. The van der Waals surface area contributed by atoms with Crippen molar-refractivity contribution in [2.24, 2.45) is 0 Å². The lowest BCUT2D eigenvalue weighted by molar-refractivity contribution is 0.660. The molecule has 0 saturated carbocycles. The maximum Gasteiger partial charge on any atom is 0.252 e. The van der Waals surface area contributed by atoms with Gasteiger partial charge >= 0.3 is 0 Å². The molecular formula is C81H47BN2. The molecule has 0 atom stereocenters. The Labute approximate surface area is 482 Å². The van der Waals surface area contributed by atoms with Gasteiger partial charge in [-0.25, -0.2) is 0 Å². The molecule has 0 radical (unpaired) electrons. The fraction of sp³-hybridized carbons (Fsp3) is 0.0370. The van der Waals surface area contributed by atoms with Crippen molar-refractivity contribution in [3.8, 4) is 33.6 Å². The van der Waals surface area contributed by atoms with Crippen LogP contribution in [0.25, 0.3) is 174 Å². The normalized spacial score (nSPS) is 13.9. The van der Waals surface area contributed by atoms with Crippen LogP contribution in [0.2, 0.25) is 0 Å². The lowest BCUT2D eigenvalue weighted by Gasteiger charge is -2.34. The van der Waals surface area contributed by atoms with E-state index in [1.54, 1.807) is 0 Å². The number of fused-ring (bicyclic) bond motifs is 34. The van der Waals surface area contributed by atoms with E-state index in [2.05, 4.69) is 272 Å². The van der Waals surface area contributed by atoms with Gasteiger partial charge in [0.25, 0.3) is 6.71 Å². The van der Waals surface area contributed by atoms with Crippen molar-refractivity contribution in [3.63, 3.8) is 0 Å². The van der Waals surface area contributed by atoms with Gasteiger partial charge in [0.1, 0.15) is 0 Å². The minimum Gasteiger partial charge on any atom is -0.310 e. The van der Waals surface area contributed by atoms with Crippen LogP contribution in [0, 0.1) is 0 Å². The molecular weight excluding hydrogens is 1010 g/mol. The van der Waals surface area contributed by atoms with Gasteiger partial charge in [-0.15, -0.1) is 0 Å². The summed E-state index contributed by atoms with van der Waals surface area (Å²) >= 11 is 0. The summed E-state index contributed by atoms with van der Waals surface area (Å²) in [5.74, 6) is 0. The van der Waals surface area contributed by atoms with Crippen LogP contribution in [0.1, 0.15) is 25.0 Å². The van der Waals surface area contributed by atoms with E-state index in [1.165, 1.54) is 202 Å². The van der Waals surface area contributed by atoms with Crippen LogP contribution >= 0.6 is 0 Å². The number of rotatable bonds is 1. The van der Waals surface area contributed by atoms with Crippen LogP contribution in [0.5, 0.6) is 0 Å². The fourth-order valence-corrected chi connectivity index (χ4v) is 17.4. The quantitative estimate of drug-likeness (QED) is 0.115. The van der Waals surface area contributed by atoms with Gasteiger partial charge in [0.05, 0.1) is 22.1 Å². The van der Waals surface area contributed by atoms with Crippen LogP contribution in [-0.2, 0) is 5.41 Å². The maximum atomic E-state index is 2.70. The van der Waals surface area contributed by atoms with Crippen LogP contribution < -0.4 is 16.4 Å². The third-order valence-corrected chi connectivity index (χ3v) is 20.8. The minimum atomic E-state index is -0.109. The molecule has 18 aromatic rings. The van der Waals surface area contributed by atoms with Gasteiger partial charge in [0, 0.05) is 54.5 Å². The summed E-state index contributed by atoms with van der Waals surface area (Å²) in [6.07, 6.45) is 0. The smallest absolute Gasteiger partial charge is 0.252 e. The van der Waals surface area contributed by atoms with Gasteiger partial charge in [-0.05, 0) is 167 Å². The second-order valence-corrected chi connectivity index (χ2v) is 24.9. The first-order valence-corrected chi connectivity index (χ1v) is 29.8. The van der Waals surface area contributed by atoms with E-state index < -0.39 is 0 Å². The monoisotopic (exact) mass is 1060 g/mol. The Bertz CT molecular complexity index is 6170. The van der Waals surface area contributed by atoms with E-state index in [0.29, 0.717) is 0 Å². The highest BCUT2D eigenvalue weighted by Crippen LogP contribution is 2.53. The van der Waals surface area contributed by atoms with Gasteiger partial charge in [-0.1, -0.05) is 226 Å². The number of aromatic nitrogens is 2. The van der Waals surface area contributed by atoms with Crippen molar-refractivity contribution in [2.75, 3.05) is 0 Å². The molecule has 0 N–H and O–H groups in total. The SMILES string of the molecule is CC1(C)c2ccccc2-c2ccc(-c3ccc4c(c3)c3c5c6ccccc6c6ccccc6c5cc5c3n4-c3cccc4c3B5c3cc5c6ccccc6c6ccccc6c5c5c6c7c8ccccc8c8ccccc8c7ccc6n-4c35)cc21. The summed E-state index contributed by atoms with van der Waals surface area (Å²) in [7, 11) is 0. The Kier molecular flexibility index (Phi) is 7.97. The topological polar surface area (TPSA) is 9.86 Å². The van der Waals surface area contributed by atoms with Crippen LogP contribution in [0.3, 0.4) is 0 Å². The molecule has 0 bridgehead atoms. The molecule has 2 aliphatic heterocycles. The van der Waals surface area contributed by atoms with E-state index in [9.17, 15) is 0 Å². The van der Waals surface area contributed by atoms with Gasteiger partial charge in [-0.3, -0.25) is 0 Å². The second-order valence-electron chi connectivity index (χ2n) is 24.9. The number of nitrogens with zero attached hydrogens (tertiary/aromatic N) is 2. The second kappa shape index (κ2) is 15.1. The zero-order chi connectivity index (χ0) is 54.6. The molecule has 4 heterocycles. The molecule has 84 heavy (non-hydrogen) atoms. The van der Waals surface area contributed by atoms with Gasteiger partial charge in [-0.2, -0.15) is 0 Å². The predicted octanol–water partition coefficient (Wildman–Crippen LogP) is 19.4. The van der Waals surface area contributed by atoms with Crippen LogP contribution in [-0.4, -0.2) is 15.8 Å². The summed E-state index contributed by atoms with van der Waals surface area (Å²) in [6.45, 7) is 4.69. The van der Waals surface area contributed by atoms with Crippen LogP contribution in [0.15, 0.2) is 249 Å². The van der Waals surface area contributed by atoms with Gasteiger partial charge in [0.15, 0.2) is 0 Å². The van der Waals surface area contributed by atoms with Crippen molar-refractivity contribution in [2.45, 2.75) is 19.3 Å². The molecule has 2 nitrogen and oxygen atoms in total. The summed E-state index contributed by atoms with van der Waals surface area (Å²) in [5.41, 5.74) is 19.5. The maximum absolute atomic E-state index is 2.70. The van der Waals surface area contributed by atoms with Crippen molar-refractivity contribution in [3.05, 3.63) is 260 Å². The fourth-order valence-electron chi connectivity index (χ4n) is 17.4. The molecule has 16 aromatic carbocycles. The third-order valence-electron chi connectivity index (χ3n) is 20.8. The summed E-state index contributed by atoms with van der Waals surface area (Å²) in [4.78, 5) is 0. The zero-order valence-corrected chi connectivity index (χ0v) is 46.1. The summed E-state index contributed by atoms with van der Waals surface area (Å²) in [5, 5.41) is 28.6. The molecule has 0 saturated heterocycles. The number of benzene rings is 16. The number of hydrogen-bond acceptors (Lipinski definition) is 0.